The molecule has 1 heterocycles. The minimum absolute atomic E-state index is 0.0917. The molecule has 8 heteroatoms. The SMILES string of the molecule is Cn1ncnc1CNC(=O)NCC(O)c1ccccc1F. The quantitative estimate of drug-likeness (QED) is 0.748. The van der Waals surface area contributed by atoms with Crippen LogP contribution in [0.2, 0.25) is 0 Å². The summed E-state index contributed by atoms with van der Waals surface area (Å²) in [4.78, 5) is 15.5. The Morgan fingerprint density at radius 3 is 2.86 bits per heavy atom. The van der Waals surface area contributed by atoms with Crippen molar-refractivity contribution in [2.45, 2.75) is 12.6 Å². The molecule has 0 saturated carbocycles. The van der Waals surface area contributed by atoms with Gasteiger partial charge in [-0.25, -0.2) is 14.2 Å². The second-order valence-electron chi connectivity index (χ2n) is 4.40. The molecular formula is C13H16FN5O2. The van der Waals surface area contributed by atoms with E-state index in [1.165, 1.54) is 29.2 Å². The number of aryl methyl sites for hydroxylation is 1. The number of carbonyl (C=O) groups is 1. The lowest BCUT2D eigenvalue weighted by molar-refractivity contribution is 0.169. The molecule has 0 radical (unpaired) electrons. The number of aromatic nitrogens is 3. The maximum absolute atomic E-state index is 13.4. The Hall–Kier alpha value is -2.48. The number of hydrogen-bond acceptors (Lipinski definition) is 4. The van der Waals surface area contributed by atoms with Gasteiger partial charge in [0.05, 0.1) is 12.6 Å². The molecule has 0 fully saturated rings. The number of aliphatic hydroxyl groups excluding tert-OH is 1. The lowest BCUT2D eigenvalue weighted by atomic mass is 10.1. The van der Waals surface area contributed by atoms with Crippen molar-refractivity contribution >= 4 is 6.03 Å². The highest BCUT2D eigenvalue weighted by atomic mass is 19.1. The van der Waals surface area contributed by atoms with Gasteiger partial charge >= 0.3 is 6.03 Å². The number of nitrogens with one attached hydrogen (secondary N) is 2. The van der Waals surface area contributed by atoms with Crippen molar-refractivity contribution in [2.75, 3.05) is 6.54 Å². The number of aliphatic hydroxyl groups is 1. The normalized spacial score (nSPS) is 12.0. The number of amides is 2. The molecule has 3 N–H and O–H groups in total. The molecule has 7 nitrogen and oxygen atoms in total. The number of halogens is 1. The van der Waals surface area contributed by atoms with E-state index in [1.807, 2.05) is 0 Å². The Morgan fingerprint density at radius 1 is 1.43 bits per heavy atom. The molecular weight excluding hydrogens is 277 g/mol. The van der Waals surface area contributed by atoms with Gasteiger partial charge < -0.3 is 15.7 Å². The van der Waals surface area contributed by atoms with Gasteiger partial charge in [0.1, 0.15) is 18.0 Å². The van der Waals surface area contributed by atoms with E-state index >= 15 is 0 Å². The van der Waals surface area contributed by atoms with E-state index in [0.717, 1.165) is 0 Å². The zero-order valence-electron chi connectivity index (χ0n) is 11.5. The molecule has 0 spiro atoms. The maximum atomic E-state index is 13.4. The van der Waals surface area contributed by atoms with E-state index in [0.29, 0.717) is 5.82 Å². The monoisotopic (exact) mass is 293 g/mol. The van der Waals surface area contributed by atoms with Crippen LogP contribution in [0.15, 0.2) is 30.6 Å². The third-order valence-electron chi connectivity index (χ3n) is 2.93. The van der Waals surface area contributed by atoms with Crippen LogP contribution >= 0.6 is 0 Å². The highest BCUT2D eigenvalue weighted by Crippen LogP contribution is 2.15. The molecule has 1 unspecified atom stereocenters. The van der Waals surface area contributed by atoms with Crippen LogP contribution in [-0.4, -0.2) is 32.4 Å². The average molecular weight is 293 g/mol. The molecule has 0 aliphatic rings. The number of hydrogen-bond donors (Lipinski definition) is 3. The summed E-state index contributed by atoms with van der Waals surface area (Å²) in [6, 6.07) is 5.40. The summed E-state index contributed by atoms with van der Waals surface area (Å²) in [6.45, 7) is 0.115. The molecule has 0 aliphatic heterocycles. The van der Waals surface area contributed by atoms with E-state index in [2.05, 4.69) is 20.7 Å². The smallest absolute Gasteiger partial charge is 0.315 e. The van der Waals surface area contributed by atoms with Crippen LogP contribution in [0.25, 0.3) is 0 Å². The van der Waals surface area contributed by atoms with Crippen LogP contribution in [0.3, 0.4) is 0 Å². The maximum Gasteiger partial charge on any atom is 0.315 e. The predicted octanol–water partition coefficient (Wildman–Crippen LogP) is 0.487. The van der Waals surface area contributed by atoms with Crippen LogP contribution in [0.4, 0.5) is 9.18 Å². The zero-order valence-corrected chi connectivity index (χ0v) is 11.5. The standard InChI is InChI=1S/C13H16FN5O2/c1-19-12(17-8-18-19)7-16-13(21)15-6-11(20)9-4-2-3-5-10(9)14/h2-5,8,11,20H,6-7H2,1H3,(H2,15,16,21). The summed E-state index contributed by atoms with van der Waals surface area (Å²) in [5.74, 6) is 0.0890. The Bertz CT molecular complexity index is 616. The van der Waals surface area contributed by atoms with Gasteiger partial charge in [0, 0.05) is 19.2 Å². The summed E-state index contributed by atoms with van der Waals surface area (Å²) in [7, 11) is 1.71. The van der Waals surface area contributed by atoms with Gasteiger partial charge in [-0.05, 0) is 6.07 Å². The third-order valence-corrected chi connectivity index (χ3v) is 2.93. The molecule has 112 valence electrons. The van der Waals surface area contributed by atoms with Crippen LogP contribution in [0, 0.1) is 5.82 Å². The summed E-state index contributed by atoms with van der Waals surface area (Å²) >= 11 is 0. The summed E-state index contributed by atoms with van der Waals surface area (Å²) in [6.07, 6.45) is 0.281. The highest BCUT2D eigenvalue weighted by Gasteiger charge is 2.13. The highest BCUT2D eigenvalue weighted by molar-refractivity contribution is 5.73. The molecule has 0 bridgehead atoms. The zero-order chi connectivity index (χ0) is 15.2. The molecule has 21 heavy (non-hydrogen) atoms. The van der Waals surface area contributed by atoms with Gasteiger partial charge in [-0.2, -0.15) is 5.10 Å². The van der Waals surface area contributed by atoms with Crippen molar-refractivity contribution in [3.05, 3.63) is 47.8 Å². The van der Waals surface area contributed by atoms with Gasteiger partial charge in [-0.3, -0.25) is 4.68 Å². The molecule has 0 aliphatic carbocycles. The number of carbonyl (C=O) groups excluding carboxylic acids is 1. The van der Waals surface area contributed by atoms with Crippen LogP contribution in [-0.2, 0) is 13.6 Å². The predicted molar refractivity (Wildman–Crippen MR) is 72.6 cm³/mol. The minimum Gasteiger partial charge on any atom is -0.386 e. The topological polar surface area (TPSA) is 92.1 Å². The van der Waals surface area contributed by atoms with Crippen LogP contribution in [0.5, 0.6) is 0 Å². The Kier molecular flexibility index (Phi) is 4.83. The second kappa shape index (κ2) is 6.80. The van der Waals surface area contributed by atoms with Gasteiger partial charge in [-0.1, -0.05) is 18.2 Å². The van der Waals surface area contributed by atoms with Gasteiger partial charge in [0.2, 0.25) is 0 Å². The number of benzene rings is 1. The number of nitrogens with zero attached hydrogens (tertiary/aromatic N) is 3. The number of rotatable bonds is 5. The van der Waals surface area contributed by atoms with Crippen LogP contribution in [0.1, 0.15) is 17.5 Å². The van der Waals surface area contributed by atoms with Crippen molar-refractivity contribution in [1.29, 1.82) is 0 Å². The van der Waals surface area contributed by atoms with Gasteiger partial charge in [0.15, 0.2) is 0 Å². The van der Waals surface area contributed by atoms with E-state index in [9.17, 15) is 14.3 Å². The fourth-order valence-electron chi connectivity index (χ4n) is 1.75. The minimum atomic E-state index is -1.10. The fraction of sp³-hybridized carbons (Fsp3) is 0.308. The molecule has 1 aromatic carbocycles. The van der Waals surface area contributed by atoms with E-state index < -0.39 is 18.0 Å². The van der Waals surface area contributed by atoms with Crippen molar-refractivity contribution < 1.29 is 14.3 Å². The molecule has 1 aromatic heterocycles. The largest absolute Gasteiger partial charge is 0.386 e. The second-order valence-corrected chi connectivity index (χ2v) is 4.40. The summed E-state index contributed by atoms with van der Waals surface area (Å²) < 4.78 is 15.0. The van der Waals surface area contributed by atoms with E-state index in [-0.39, 0.29) is 18.7 Å². The lowest BCUT2D eigenvalue weighted by Gasteiger charge is -2.13. The molecule has 1 atom stereocenters. The van der Waals surface area contributed by atoms with Crippen molar-refractivity contribution in [3.8, 4) is 0 Å². The Balaban J connectivity index is 1.79. The molecule has 2 aromatic rings. The first-order valence-electron chi connectivity index (χ1n) is 6.35. The lowest BCUT2D eigenvalue weighted by Crippen LogP contribution is -2.38. The Labute approximate surface area is 120 Å². The Morgan fingerprint density at radius 2 is 2.19 bits per heavy atom. The molecule has 2 rings (SSSR count). The average Bonchev–Trinajstić information content (AvgIpc) is 2.88. The van der Waals surface area contributed by atoms with Gasteiger partial charge in [-0.15, -0.1) is 0 Å². The van der Waals surface area contributed by atoms with Crippen molar-refractivity contribution in [2.24, 2.45) is 7.05 Å². The molecule has 2 amide bonds. The van der Waals surface area contributed by atoms with Gasteiger partial charge in [0.25, 0.3) is 0 Å². The molecule has 0 saturated heterocycles. The third kappa shape index (κ3) is 3.99. The van der Waals surface area contributed by atoms with Crippen LogP contribution < -0.4 is 10.6 Å². The number of urea groups is 1. The van der Waals surface area contributed by atoms with Crippen molar-refractivity contribution in [3.63, 3.8) is 0 Å². The van der Waals surface area contributed by atoms with E-state index in [4.69, 9.17) is 0 Å². The first-order valence-corrected chi connectivity index (χ1v) is 6.35. The first kappa shape index (κ1) is 14.9. The fourth-order valence-corrected chi connectivity index (χ4v) is 1.75. The summed E-state index contributed by atoms with van der Waals surface area (Å²) in [5, 5.41) is 18.7. The first-order chi connectivity index (χ1) is 10.1. The van der Waals surface area contributed by atoms with E-state index in [1.54, 1.807) is 13.1 Å². The van der Waals surface area contributed by atoms with Crippen molar-refractivity contribution in [1.82, 2.24) is 25.4 Å². The summed E-state index contributed by atoms with van der Waals surface area (Å²) in [5.41, 5.74) is 0.145.